The van der Waals surface area contributed by atoms with Gasteiger partial charge in [-0.25, -0.2) is 8.42 Å². The maximum Gasteiger partial charge on any atom is 0.425 e. The predicted molar refractivity (Wildman–Crippen MR) is 119 cm³/mol. The zero-order chi connectivity index (χ0) is 24.7. The third kappa shape index (κ3) is 5.15. The van der Waals surface area contributed by atoms with Crippen molar-refractivity contribution in [2.75, 3.05) is 37.3 Å². The van der Waals surface area contributed by atoms with Crippen molar-refractivity contribution in [3.05, 3.63) is 53.1 Å². The van der Waals surface area contributed by atoms with Crippen molar-refractivity contribution in [2.45, 2.75) is 37.3 Å². The van der Waals surface area contributed by atoms with Crippen LogP contribution in [-0.4, -0.2) is 63.9 Å². The first-order valence-electron chi connectivity index (χ1n) is 10.7. The lowest BCUT2D eigenvalue weighted by Crippen LogP contribution is -2.49. The van der Waals surface area contributed by atoms with Gasteiger partial charge in [0.2, 0.25) is 0 Å². The molecule has 0 bridgehead atoms. The molecule has 0 aliphatic carbocycles. The quantitative estimate of drug-likeness (QED) is 0.629. The molecule has 2 aromatic rings. The van der Waals surface area contributed by atoms with Gasteiger partial charge in [0, 0.05) is 38.1 Å². The Morgan fingerprint density at radius 1 is 1.03 bits per heavy atom. The SMILES string of the molecule is CC(Oc1ccc(S(C)(=O)=O)cc1C(=O)N1CCN(c2ccc3c(c2)COC3)CC1)C(F)(F)F. The summed E-state index contributed by atoms with van der Waals surface area (Å²) >= 11 is 0. The fourth-order valence-corrected chi connectivity index (χ4v) is 4.61. The Morgan fingerprint density at radius 2 is 1.71 bits per heavy atom. The number of sulfone groups is 1. The maximum atomic E-state index is 13.3. The van der Waals surface area contributed by atoms with Gasteiger partial charge in [0.25, 0.3) is 5.91 Å². The van der Waals surface area contributed by atoms with Crippen LogP contribution < -0.4 is 9.64 Å². The highest BCUT2D eigenvalue weighted by Crippen LogP contribution is 2.31. The number of amides is 1. The average Bonchev–Trinajstić information content (AvgIpc) is 3.25. The highest BCUT2D eigenvalue weighted by molar-refractivity contribution is 7.90. The number of anilines is 1. The fourth-order valence-electron chi connectivity index (χ4n) is 3.96. The van der Waals surface area contributed by atoms with E-state index in [9.17, 15) is 26.4 Å². The van der Waals surface area contributed by atoms with Gasteiger partial charge in [0.05, 0.1) is 23.7 Å². The lowest BCUT2D eigenvalue weighted by Gasteiger charge is -2.36. The first-order chi connectivity index (χ1) is 15.9. The summed E-state index contributed by atoms with van der Waals surface area (Å²) in [7, 11) is -3.68. The fraction of sp³-hybridized carbons (Fsp3) is 0.435. The van der Waals surface area contributed by atoms with Crippen LogP contribution in [0.25, 0.3) is 0 Å². The minimum atomic E-state index is -4.64. The van der Waals surface area contributed by atoms with Gasteiger partial charge in [-0.05, 0) is 48.4 Å². The second kappa shape index (κ2) is 9.10. The number of alkyl halides is 3. The van der Waals surface area contributed by atoms with Gasteiger partial charge in [0.1, 0.15) is 5.75 Å². The Balaban J connectivity index is 1.53. The number of carbonyl (C=O) groups excluding carboxylic acids is 1. The first-order valence-corrected chi connectivity index (χ1v) is 12.6. The van der Waals surface area contributed by atoms with E-state index in [1.807, 2.05) is 12.1 Å². The smallest absolute Gasteiger partial charge is 0.425 e. The first kappa shape index (κ1) is 24.3. The molecule has 0 radical (unpaired) electrons. The van der Waals surface area contributed by atoms with Crippen LogP contribution >= 0.6 is 0 Å². The van der Waals surface area contributed by atoms with Gasteiger partial charge < -0.3 is 19.3 Å². The third-order valence-electron chi connectivity index (χ3n) is 6.01. The number of carbonyl (C=O) groups is 1. The van der Waals surface area contributed by atoms with Crippen molar-refractivity contribution < 1.29 is 35.9 Å². The monoisotopic (exact) mass is 498 g/mol. The van der Waals surface area contributed by atoms with Crippen LogP contribution in [0.15, 0.2) is 41.3 Å². The van der Waals surface area contributed by atoms with Crippen molar-refractivity contribution in [3.63, 3.8) is 0 Å². The minimum absolute atomic E-state index is 0.165. The van der Waals surface area contributed by atoms with Crippen molar-refractivity contribution in [1.29, 1.82) is 0 Å². The molecular formula is C23H25F3N2O5S. The number of benzene rings is 2. The number of nitrogens with zero attached hydrogens (tertiary/aromatic N) is 2. The second-order valence-electron chi connectivity index (χ2n) is 8.46. The summed E-state index contributed by atoms with van der Waals surface area (Å²) in [5, 5.41) is 0. The molecule has 2 aromatic carbocycles. The summed E-state index contributed by atoms with van der Waals surface area (Å²) in [4.78, 5) is 16.7. The zero-order valence-corrected chi connectivity index (χ0v) is 19.6. The Bertz CT molecular complexity index is 1190. The molecule has 0 saturated carbocycles. The molecule has 1 saturated heterocycles. The Labute approximate surface area is 196 Å². The maximum absolute atomic E-state index is 13.3. The van der Waals surface area contributed by atoms with E-state index in [4.69, 9.17) is 9.47 Å². The summed E-state index contributed by atoms with van der Waals surface area (Å²) in [6.07, 6.45) is -5.83. The van der Waals surface area contributed by atoms with E-state index >= 15 is 0 Å². The normalized spacial score (nSPS) is 17.4. The van der Waals surface area contributed by atoms with E-state index in [-0.39, 0.29) is 16.2 Å². The van der Waals surface area contributed by atoms with Crippen LogP contribution in [0, 0.1) is 0 Å². The molecule has 2 aliphatic rings. The van der Waals surface area contributed by atoms with Crippen LogP contribution in [-0.2, 0) is 27.8 Å². The minimum Gasteiger partial charge on any atom is -0.480 e. The number of hydrogen-bond acceptors (Lipinski definition) is 6. The van der Waals surface area contributed by atoms with Crippen LogP contribution in [0.3, 0.4) is 0 Å². The zero-order valence-electron chi connectivity index (χ0n) is 18.8. The largest absolute Gasteiger partial charge is 0.480 e. The van der Waals surface area contributed by atoms with Gasteiger partial charge in [-0.1, -0.05) is 6.07 Å². The van der Waals surface area contributed by atoms with E-state index in [0.717, 1.165) is 48.2 Å². The number of halogens is 3. The van der Waals surface area contributed by atoms with Gasteiger partial charge in [0.15, 0.2) is 15.9 Å². The van der Waals surface area contributed by atoms with E-state index in [0.29, 0.717) is 39.4 Å². The van der Waals surface area contributed by atoms with E-state index in [1.54, 1.807) is 0 Å². The molecule has 1 atom stereocenters. The van der Waals surface area contributed by atoms with Gasteiger partial charge in [-0.3, -0.25) is 4.79 Å². The molecule has 7 nitrogen and oxygen atoms in total. The molecule has 1 amide bonds. The van der Waals surface area contributed by atoms with E-state index in [2.05, 4.69) is 11.0 Å². The lowest BCUT2D eigenvalue weighted by molar-refractivity contribution is -0.189. The van der Waals surface area contributed by atoms with Crippen LogP contribution in [0.1, 0.15) is 28.4 Å². The predicted octanol–water partition coefficient (Wildman–Crippen LogP) is 3.41. The summed E-state index contributed by atoms with van der Waals surface area (Å²) in [5.41, 5.74) is 3.10. The molecule has 184 valence electrons. The topological polar surface area (TPSA) is 76.2 Å². The molecule has 0 aromatic heterocycles. The second-order valence-corrected chi connectivity index (χ2v) is 10.5. The molecule has 34 heavy (non-hydrogen) atoms. The van der Waals surface area contributed by atoms with Crippen molar-refractivity contribution in [3.8, 4) is 5.75 Å². The van der Waals surface area contributed by atoms with Gasteiger partial charge >= 0.3 is 6.18 Å². The third-order valence-corrected chi connectivity index (χ3v) is 7.12. The molecule has 11 heteroatoms. The Kier molecular flexibility index (Phi) is 6.52. The van der Waals surface area contributed by atoms with E-state index < -0.39 is 28.0 Å². The molecule has 4 rings (SSSR count). The Morgan fingerprint density at radius 3 is 2.35 bits per heavy atom. The van der Waals surface area contributed by atoms with Crippen LogP contribution in [0.4, 0.5) is 18.9 Å². The molecular weight excluding hydrogens is 473 g/mol. The van der Waals surface area contributed by atoms with Gasteiger partial charge in [-0.2, -0.15) is 13.2 Å². The van der Waals surface area contributed by atoms with Crippen molar-refractivity contribution in [1.82, 2.24) is 4.90 Å². The summed E-state index contributed by atoms with van der Waals surface area (Å²) in [5.74, 6) is -0.875. The van der Waals surface area contributed by atoms with Crippen LogP contribution in [0.2, 0.25) is 0 Å². The summed E-state index contributed by atoms with van der Waals surface area (Å²) < 4.78 is 73.6. The molecule has 1 unspecified atom stereocenters. The Hall–Kier alpha value is -2.79. The lowest BCUT2D eigenvalue weighted by atomic mass is 10.1. The molecule has 2 heterocycles. The number of rotatable bonds is 5. The number of fused-ring (bicyclic) bond motifs is 1. The molecule has 1 fully saturated rings. The highest BCUT2D eigenvalue weighted by atomic mass is 32.2. The van der Waals surface area contributed by atoms with Gasteiger partial charge in [-0.15, -0.1) is 0 Å². The number of ether oxygens (including phenoxy) is 2. The standard InChI is InChI=1S/C23H25F3N2O5S/c1-15(23(24,25)26)33-21-6-5-19(34(2,30)31)12-20(21)22(29)28-9-7-27(8-10-28)18-4-3-16-13-32-14-17(16)11-18/h3-6,11-12,15H,7-10,13-14H2,1-2H3. The number of hydrogen-bond donors (Lipinski definition) is 0. The molecule has 0 spiro atoms. The summed E-state index contributed by atoms with van der Waals surface area (Å²) in [6.45, 7) is 3.69. The average molecular weight is 499 g/mol. The molecule has 0 N–H and O–H groups in total. The summed E-state index contributed by atoms with van der Waals surface area (Å²) in [6, 6.07) is 9.43. The van der Waals surface area contributed by atoms with E-state index in [1.165, 1.54) is 4.90 Å². The van der Waals surface area contributed by atoms with Crippen molar-refractivity contribution in [2.24, 2.45) is 0 Å². The molecule has 2 aliphatic heterocycles. The van der Waals surface area contributed by atoms with Crippen LogP contribution in [0.5, 0.6) is 5.75 Å². The number of piperazine rings is 1. The van der Waals surface area contributed by atoms with Crippen molar-refractivity contribution >= 4 is 21.4 Å². The highest BCUT2D eigenvalue weighted by Gasteiger charge is 2.39.